The van der Waals surface area contributed by atoms with Crippen LogP contribution < -0.4 is 0 Å². The highest BCUT2D eigenvalue weighted by Gasteiger charge is 2.23. The van der Waals surface area contributed by atoms with Crippen LogP contribution >= 0.6 is 0 Å². The van der Waals surface area contributed by atoms with Crippen molar-refractivity contribution in [2.75, 3.05) is 13.1 Å². The number of hydrogen-bond donors (Lipinski definition) is 0. The molecule has 31 heavy (non-hydrogen) atoms. The van der Waals surface area contributed by atoms with Gasteiger partial charge >= 0.3 is 0 Å². The van der Waals surface area contributed by atoms with E-state index in [0.717, 1.165) is 24.0 Å². The Morgan fingerprint density at radius 1 is 1.03 bits per heavy atom. The summed E-state index contributed by atoms with van der Waals surface area (Å²) in [4.78, 5) is 26.1. The van der Waals surface area contributed by atoms with E-state index in [9.17, 15) is 14.9 Å². The summed E-state index contributed by atoms with van der Waals surface area (Å²) in [6.45, 7) is 9.44. The highest BCUT2D eigenvalue weighted by Crippen LogP contribution is 2.26. The molecule has 0 N–H and O–H groups in total. The maximum atomic E-state index is 13.4. The third-order valence-corrected chi connectivity index (χ3v) is 5.29. The quantitative estimate of drug-likeness (QED) is 0.364. The number of amides is 1. The average Bonchev–Trinajstić information content (AvgIpc) is 3.20. The molecule has 0 saturated heterocycles. The molecule has 0 aliphatic heterocycles. The third-order valence-electron chi connectivity index (χ3n) is 5.29. The fourth-order valence-electron chi connectivity index (χ4n) is 3.53. The molecule has 1 amide bonds. The molecular weight excluding hydrogens is 392 g/mol. The van der Waals surface area contributed by atoms with E-state index in [4.69, 9.17) is 5.10 Å². The predicted molar refractivity (Wildman–Crippen MR) is 122 cm³/mol. The Morgan fingerprint density at radius 3 is 2.35 bits per heavy atom. The maximum absolute atomic E-state index is 13.4. The topological polar surface area (TPSA) is 81.3 Å². The number of non-ortho nitro benzene ring substituents is 1. The van der Waals surface area contributed by atoms with Crippen molar-refractivity contribution in [2.24, 2.45) is 0 Å². The molecule has 0 aliphatic rings. The predicted octanol–water partition coefficient (Wildman–Crippen LogP) is 5.33. The van der Waals surface area contributed by atoms with Crippen molar-refractivity contribution in [2.45, 2.75) is 40.5 Å². The first-order chi connectivity index (χ1) is 14.8. The highest BCUT2D eigenvalue weighted by molar-refractivity contribution is 5.94. The van der Waals surface area contributed by atoms with Gasteiger partial charge in [0.2, 0.25) is 0 Å². The average molecular weight is 421 g/mol. The molecule has 2 aromatic carbocycles. The Morgan fingerprint density at radius 2 is 1.74 bits per heavy atom. The van der Waals surface area contributed by atoms with Gasteiger partial charge in [-0.1, -0.05) is 32.0 Å². The minimum absolute atomic E-state index is 0.0434. The van der Waals surface area contributed by atoms with Crippen LogP contribution in [0.1, 0.15) is 48.3 Å². The van der Waals surface area contributed by atoms with E-state index in [1.807, 2.05) is 50.8 Å². The van der Waals surface area contributed by atoms with Crippen molar-refractivity contribution in [3.05, 3.63) is 75.5 Å². The Bertz CT molecular complexity index is 1100. The van der Waals surface area contributed by atoms with Crippen LogP contribution in [0.3, 0.4) is 0 Å². The lowest BCUT2D eigenvalue weighted by Gasteiger charge is -2.21. The van der Waals surface area contributed by atoms with E-state index >= 15 is 0 Å². The van der Waals surface area contributed by atoms with Crippen LogP contribution in [0.5, 0.6) is 0 Å². The second kappa shape index (κ2) is 9.55. The molecule has 1 aromatic heterocycles. The zero-order valence-electron chi connectivity index (χ0n) is 18.5. The second-order valence-corrected chi connectivity index (χ2v) is 7.69. The number of benzene rings is 2. The normalized spacial score (nSPS) is 10.8. The highest BCUT2D eigenvalue weighted by atomic mass is 16.6. The van der Waals surface area contributed by atoms with E-state index < -0.39 is 4.92 Å². The van der Waals surface area contributed by atoms with E-state index in [2.05, 4.69) is 0 Å². The molecule has 0 unspecified atom stereocenters. The molecule has 7 nitrogen and oxygen atoms in total. The fraction of sp³-hybridized carbons (Fsp3) is 0.333. The van der Waals surface area contributed by atoms with Crippen LogP contribution in [0.4, 0.5) is 5.69 Å². The minimum atomic E-state index is -0.445. The first kappa shape index (κ1) is 22.2. The molecule has 162 valence electrons. The Balaban J connectivity index is 2.16. The summed E-state index contributed by atoms with van der Waals surface area (Å²) < 4.78 is 1.53. The summed E-state index contributed by atoms with van der Waals surface area (Å²) in [6.07, 6.45) is 1.70. The van der Waals surface area contributed by atoms with Crippen molar-refractivity contribution < 1.29 is 9.72 Å². The van der Waals surface area contributed by atoms with Gasteiger partial charge < -0.3 is 4.90 Å². The lowest BCUT2D eigenvalue weighted by atomic mass is 10.0. The lowest BCUT2D eigenvalue weighted by molar-refractivity contribution is -0.384. The molecular formula is C24H28N4O3. The molecule has 0 spiro atoms. The first-order valence-electron chi connectivity index (χ1n) is 10.6. The van der Waals surface area contributed by atoms with Crippen LogP contribution in [-0.2, 0) is 0 Å². The van der Waals surface area contributed by atoms with Crippen molar-refractivity contribution in [3.63, 3.8) is 0 Å². The van der Waals surface area contributed by atoms with E-state index in [0.29, 0.717) is 30.2 Å². The summed E-state index contributed by atoms with van der Waals surface area (Å²) in [5.74, 6) is -0.127. The van der Waals surface area contributed by atoms with E-state index in [1.165, 1.54) is 22.4 Å². The van der Waals surface area contributed by atoms with Gasteiger partial charge in [0.05, 0.1) is 16.3 Å². The molecule has 3 rings (SSSR count). The molecule has 0 atom stereocenters. The Hall–Kier alpha value is -3.48. The summed E-state index contributed by atoms with van der Waals surface area (Å²) in [5.41, 5.74) is 4.71. The number of carbonyl (C=O) groups is 1. The molecule has 0 bridgehead atoms. The van der Waals surface area contributed by atoms with Crippen LogP contribution in [0, 0.1) is 24.0 Å². The number of nitro groups is 1. The van der Waals surface area contributed by atoms with Crippen molar-refractivity contribution >= 4 is 11.6 Å². The minimum Gasteiger partial charge on any atom is -0.337 e. The SMILES string of the molecule is CCCN(CCC)C(=O)c1cc(-c2ccc(C)c(C)c2)nn1-c1cccc([N+](=O)[O-])c1. The van der Waals surface area contributed by atoms with Gasteiger partial charge in [0, 0.05) is 30.8 Å². The molecule has 7 heteroatoms. The smallest absolute Gasteiger partial charge is 0.272 e. The van der Waals surface area contributed by atoms with Crippen molar-refractivity contribution in [3.8, 4) is 16.9 Å². The summed E-state index contributed by atoms with van der Waals surface area (Å²) in [7, 11) is 0. The van der Waals surface area contributed by atoms with Crippen LogP contribution in [0.15, 0.2) is 48.5 Å². The molecule has 1 heterocycles. The molecule has 0 radical (unpaired) electrons. The van der Waals surface area contributed by atoms with E-state index in [-0.39, 0.29) is 11.6 Å². The summed E-state index contributed by atoms with van der Waals surface area (Å²) in [5, 5.41) is 16.0. The van der Waals surface area contributed by atoms with Gasteiger partial charge in [-0.3, -0.25) is 14.9 Å². The number of nitro benzene ring substituents is 1. The summed E-state index contributed by atoms with van der Waals surface area (Å²) in [6, 6.07) is 14.0. The van der Waals surface area contributed by atoms with Crippen LogP contribution in [0.2, 0.25) is 0 Å². The van der Waals surface area contributed by atoms with Gasteiger partial charge in [-0.2, -0.15) is 5.10 Å². The lowest BCUT2D eigenvalue weighted by Crippen LogP contribution is -2.33. The van der Waals surface area contributed by atoms with E-state index in [1.54, 1.807) is 18.2 Å². The van der Waals surface area contributed by atoms with Gasteiger partial charge in [-0.25, -0.2) is 4.68 Å². The van der Waals surface area contributed by atoms with Crippen molar-refractivity contribution in [1.29, 1.82) is 0 Å². The number of aryl methyl sites for hydroxylation is 2. The zero-order valence-corrected chi connectivity index (χ0v) is 18.5. The maximum Gasteiger partial charge on any atom is 0.272 e. The van der Waals surface area contributed by atoms with Crippen molar-refractivity contribution in [1.82, 2.24) is 14.7 Å². The van der Waals surface area contributed by atoms with Gasteiger partial charge in [-0.15, -0.1) is 0 Å². The van der Waals surface area contributed by atoms with Gasteiger partial charge in [-0.05, 0) is 56.0 Å². The number of nitrogens with zero attached hydrogens (tertiary/aromatic N) is 4. The van der Waals surface area contributed by atoms with Gasteiger partial charge in [0.25, 0.3) is 11.6 Å². The zero-order chi connectivity index (χ0) is 22.5. The largest absolute Gasteiger partial charge is 0.337 e. The number of rotatable bonds is 8. The number of carbonyl (C=O) groups excluding carboxylic acids is 1. The first-order valence-corrected chi connectivity index (χ1v) is 10.6. The van der Waals surface area contributed by atoms with Crippen LogP contribution in [0.25, 0.3) is 16.9 Å². The molecule has 3 aromatic rings. The standard InChI is InChI=1S/C24H28N4O3/c1-5-12-26(13-6-2)24(29)23-16-22(19-11-10-17(3)18(4)14-19)25-27(23)20-8-7-9-21(15-20)28(30)31/h7-11,14-16H,5-6,12-13H2,1-4H3. The monoisotopic (exact) mass is 420 g/mol. The Labute approximate surface area is 182 Å². The van der Waals surface area contributed by atoms with Crippen LogP contribution in [-0.4, -0.2) is 38.6 Å². The van der Waals surface area contributed by atoms with Gasteiger partial charge in [0.1, 0.15) is 5.69 Å². The summed E-state index contributed by atoms with van der Waals surface area (Å²) >= 11 is 0. The number of hydrogen-bond acceptors (Lipinski definition) is 4. The second-order valence-electron chi connectivity index (χ2n) is 7.69. The third kappa shape index (κ3) is 4.82. The molecule has 0 saturated carbocycles. The number of aromatic nitrogens is 2. The molecule has 0 aliphatic carbocycles. The molecule has 0 fully saturated rings. The fourth-order valence-corrected chi connectivity index (χ4v) is 3.53. The van der Waals surface area contributed by atoms with Gasteiger partial charge in [0.15, 0.2) is 0 Å². The Kier molecular flexibility index (Phi) is 6.84.